The van der Waals surface area contributed by atoms with Crippen molar-refractivity contribution in [3.8, 4) is 5.75 Å². The Kier molecular flexibility index (Phi) is 5.35. The smallest absolute Gasteiger partial charge is 0.165 e. The maximum atomic E-state index is 12.0. The van der Waals surface area contributed by atoms with Crippen LogP contribution in [0.25, 0.3) is 0 Å². The monoisotopic (exact) mass is 250 g/mol. The van der Waals surface area contributed by atoms with E-state index in [0.717, 1.165) is 12.2 Å². The molecular weight excluding hydrogens is 228 g/mol. The van der Waals surface area contributed by atoms with Gasteiger partial charge >= 0.3 is 0 Å². The van der Waals surface area contributed by atoms with Gasteiger partial charge < -0.3 is 9.47 Å². The van der Waals surface area contributed by atoms with Crippen molar-refractivity contribution in [2.24, 2.45) is 0 Å². The summed E-state index contributed by atoms with van der Waals surface area (Å²) in [5.74, 6) is 0.892. The molecule has 0 fully saturated rings. The first kappa shape index (κ1) is 14.7. The lowest BCUT2D eigenvalue weighted by molar-refractivity contribution is 0.0172. The highest BCUT2D eigenvalue weighted by molar-refractivity contribution is 5.96. The topological polar surface area (TPSA) is 35.5 Å². The van der Waals surface area contributed by atoms with E-state index < -0.39 is 5.60 Å². The van der Waals surface area contributed by atoms with Gasteiger partial charge in [0.05, 0.1) is 12.2 Å². The summed E-state index contributed by atoms with van der Waals surface area (Å²) >= 11 is 0. The lowest BCUT2D eigenvalue weighted by Crippen LogP contribution is -2.26. The third kappa shape index (κ3) is 4.49. The van der Waals surface area contributed by atoms with E-state index in [2.05, 4.69) is 6.92 Å². The van der Waals surface area contributed by atoms with Crippen LogP contribution in [-0.4, -0.2) is 25.1 Å². The Hall–Kier alpha value is -1.35. The molecule has 0 heterocycles. The van der Waals surface area contributed by atoms with Gasteiger partial charge in [0.2, 0.25) is 0 Å². The van der Waals surface area contributed by atoms with E-state index >= 15 is 0 Å². The highest BCUT2D eigenvalue weighted by Crippen LogP contribution is 2.19. The summed E-state index contributed by atoms with van der Waals surface area (Å²) in [6.45, 7) is 6.57. The largest absolute Gasteiger partial charge is 0.494 e. The zero-order valence-electron chi connectivity index (χ0n) is 11.7. The number of Topliss-reactive ketones (excluding diaryl/α,β-unsaturated/α-hetero) is 1. The molecule has 0 aliphatic heterocycles. The summed E-state index contributed by atoms with van der Waals surface area (Å²) in [5.41, 5.74) is 0.276. The van der Waals surface area contributed by atoms with E-state index in [1.165, 1.54) is 0 Å². The fraction of sp³-hybridized carbons (Fsp3) is 0.533. The van der Waals surface area contributed by atoms with Crippen molar-refractivity contribution < 1.29 is 14.3 Å². The molecule has 1 aromatic rings. The number of carbonyl (C=O) groups is 1. The average Bonchev–Trinajstić information content (AvgIpc) is 2.36. The number of ether oxygens (including phenoxy) is 2. The zero-order chi connectivity index (χ0) is 13.6. The number of hydrogen-bond donors (Lipinski definition) is 0. The second-order valence-electron chi connectivity index (χ2n) is 4.94. The molecular formula is C15H22O3. The van der Waals surface area contributed by atoms with Crippen LogP contribution in [0, 0.1) is 0 Å². The molecule has 0 radical (unpaired) electrons. The normalized spacial score (nSPS) is 11.3. The SMILES string of the molecule is CCCOc1ccc(C(=O)CC(C)(C)OC)cc1. The number of ketones is 1. The molecule has 0 bridgehead atoms. The molecule has 0 amide bonds. The quantitative estimate of drug-likeness (QED) is 0.695. The van der Waals surface area contributed by atoms with Gasteiger partial charge in [-0.15, -0.1) is 0 Å². The van der Waals surface area contributed by atoms with Crippen molar-refractivity contribution in [3.05, 3.63) is 29.8 Å². The van der Waals surface area contributed by atoms with E-state index in [4.69, 9.17) is 9.47 Å². The highest BCUT2D eigenvalue weighted by Gasteiger charge is 2.21. The minimum atomic E-state index is -0.422. The van der Waals surface area contributed by atoms with Gasteiger partial charge in [-0.3, -0.25) is 4.79 Å². The van der Waals surface area contributed by atoms with Crippen molar-refractivity contribution in [1.29, 1.82) is 0 Å². The minimum absolute atomic E-state index is 0.0869. The van der Waals surface area contributed by atoms with Gasteiger partial charge in [0.25, 0.3) is 0 Å². The highest BCUT2D eigenvalue weighted by atomic mass is 16.5. The molecule has 3 nitrogen and oxygen atoms in total. The standard InChI is InChI=1S/C15H22O3/c1-5-10-18-13-8-6-12(7-9-13)14(16)11-15(2,3)17-4/h6-9H,5,10-11H2,1-4H3. The van der Waals surface area contributed by atoms with Crippen LogP contribution >= 0.6 is 0 Å². The Bertz CT molecular complexity index is 379. The molecule has 1 aromatic carbocycles. The van der Waals surface area contributed by atoms with Gasteiger partial charge in [0.15, 0.2) is 5.78 Å². The summed E-state index contributed by atoms with van der Waals surface area (Å²) in [6, 6.07) is 7.28. The van der Waals surface area contributed by atoms with Crippen LogP contribution in [0.3, 0.4) is 0 Å². The number of benzene rings is 1. The van der Waals surface area contributed by atoms with E-state index in [9.17, 15) is 4.79 Å². The van der Waals surface area contributed by atoms with Crippen LogP contribution in [0.5, 0.6) is 5.75 Å². The summed E-state index contributed by atoms with van der Waals surface area (Å²) in [6.07, 6.45) is 1.35. The predicted molar refractivity (Wildman–Crippen MR) is 72.3 cm³/mol. The lowest BCUT2D eigenvalue weighted by atomic mass is 9.97. The Balaban J connectivity index is 2.64. The van der Waals surface area contributed by atoms with Gasteiger partial charge in [0, 0.05) is 19.1 Å². The number of carbonyl (C=O) groups excluding carboxylic acids is 1. The fourth-order valence-corrected chi connectivity index (χ4v) is 1.52. The van der Waals surface area contributed by atoms with Crippen molar-refractivity contribution in [2.45, 2.75) is 39.2 Å². The summed E-state index contributed by atoms with van der Waals surface area (Å²) in [4.78, 5) is 12.0. The second-order valence-corrected chi connectivity index (χ2v) is 4.94. The van der Waals surface area contributed by atoms with E-state index in [1.54, 1.807) is 19.2 Å². The average molecular weight is 250 g/mol. The molecule has 0 spiro atoms. The Morgan fingerprint density at radius 3 is 2.33 bits per heavy atom. The Morgan fingerprint density at radius 1 is 1.22 bits per heavy atom. The molecule has 0 saturated carbocycles. The van der Waals surface area contributed by atoms with Gasteiger partial charge in [-0.05, 0) is 44.5 Å². The van der Waals surface area contributed by atoms with Crippen molar-refractivity contribution in [1.82, 2.24) is 0 Å². The van der Waals surface area contributed by atoms with Gasteiger partial charge in [-0.25, -0.2) is 0 Å². The van der Waals surface area contributed by atoms with Crippen molar-refractivity contribution in [3.63, 3.8) is 0 Å². The molecule has 0 aliphatic carbocycles. The first-order valence-corrected chi connectivity index (χ1v) is 6.29. The second kappa shape index (κ2) is 6.55. The first-order valence-electron chi connectivity index (χ1n) is 6.29. The van der Waals surface area contributed by atoms with Crippen LogP contribution in [0.15, 0.2) is 24.3 Å². The van der Waals surface area contributed by atoms with Crippen LogP contribution in [-0.2, 0) is 4.74 Å². The predicted octanol–water partition coefficient (Wildman–Crippen LogP) is 3.47. The summed E-state index contributed by atoms with van der Waals surface area (Å²) < 4.78 is 10.7. The summed E-state index contributed by atoms with van der Waals surface area (Å²) in [5, 5.41) is 0. The molecule has 3 heteroatoms. The van der Waals surface area contributed by atoms with E-state index in [-0.39, 0.29) is 5.78 Å². The molecule has 1 rings (SSSR count). The zero-order valence-corrected chi connectivity index (χ0v) is 11.7. The lowest BCUT2D eigenvalue weighted by Gasteiger charge is -2.21. The molecule has 0 aliphatic rings. The van der Waals surface area contributed by atoms with Crippen LogP contribution < -0.4 is 4.74 Å². The molecule has 18 heavy (non-hydrogen) atoms. The fourth-order valence-electron chi connectivity index (χ4n) is 1.52. The maximum Gasteiger partial charge on any atom is 0.165 e. The molecule has 0 aromatic heterocycles. The Labute approximate surface area is 109 Å². The van der Waals surface area contributed by atoms with E-state index in [0.29, 0.717) is 18.6 Å². The van der Waals surface area contributed by atoms with Crippen LogP contribution in [0.1, 0.15) is 44.0 Å². The minimum Gasteiger partial charge on any atom is -0.494 e. The first-order chi connectivity index (χ1) is 8.48. The van der Waals surface area contributed by atoms with E-state index in [1.807, 2.05) is 26.0 Å². The summed E-state index contributed by atoms with van der Waals surface area (Å²) in [7, 11) is 1.62. The third-order valence-corrected chi connectivity index (χ3v) is 2.79. The molecule has 0 unspecified atom stereocenters. The number of rotatable bonds is 7. The van der Waals surface area contributed by atoms with Crippen LogP contribution in [0.4, 0.5) is 0 Å². The Morgan fingerprint density at radius 2 is 1.83 bits per heavy atom. The number of hydrogen-bond acceptors (Lipinski definition) is 3. The maximum absolute atomic E-state index is 12.0. The number of methoxy groups -OCH3 is 1. The van der Waals surface area contributed by atoms with Crippen LogP contribution in [0.2, 0.25) is 0 Å². The van der Waals surface area contributed by atoms with Gasteiger partial charge in [-0.2, -0.15) is 0 Å². The third-order valence-electron chi connectivity index (χ3n) is 2.79. The molecule has 0 atom stereocenters. The van der Waals surface area contributed by atoms with Crippen molar-refractivity contribution >= 4 is 5.78 Å². The molecule has 0 saturated heterocycles. The van der Waals surface area contributed by atoms with Gasteiger partial charge in [0.1, 0.15) is 5.75 Å². The molecule has 100 valence electrons. The van der Waals surface area contributed by atoms with Crippen molar-refractivity contribution in [2.75, 3.05) is 13.7 Å². The molecule has 0 N–H and O–H groups in total. The van der Waals surface area contributed by atoms with Gasteiger partial charge in [-0.1, -0.05) is 6.92 Å².